The van der Waals surface area contributed by atoms with Crippen LogP contribution in [0.3, 0.4) is 0 Å². The van der Waals surface area contributed by atoms with Crippen LogP contribution in [0.1, 0.15) is 58.8 Å². The predicted molar refractivity (Wildman–Crippen MR) is 52.1 cm³/mol. The molecule has 1 aliphatic carbocycles. The van der Waals surface area contributed by atoms with Gasteiger partial charge in [0.25, 0.3) is 0 Å². The molecule has 0 heterocycles. The molecule has 0 aliphatic heterocycles. The quantitative estimate of drug-likeness (QED) is 0.631. The minimum atomic E-state index is -0.328. The molecule has 0 aromatic heterocycles. The van der Waals surface area contributed by atoms with Crippen LogP contribution in [0.25, 0.3) is 0 Å². The van der Waals surface area contributed by atoms with E-state index >= 15 is 0 Å². The van der Waals surface area contributed by atoms with Crippen molar-refractivity contribution in [1.29, 1.82) is 0 Å². The van der Waals surface area contributed by atoms with Gasteiger partial charge in [-0.25, -0.2) is 0 Å². The van der Waals surface area contributed by atoms with Crippen LogP contribution in [0, 0.1) is 5.92 Å². The zero-order valence-electron chi connectivity index (χ0n) is 8.47. The molecule has 12 heavy (non-hydrogen) atoms. The highest BCUT2D eigenvalue weighted by Crippen LogP contribution is 2.34. The Bertz CT molecular complexity index is 123. The monoisotopic (exact) mass is 170 g/mol. The van der Waals surface area contributed by atoms with Crippen molar-refractivity contribution in [1.82, 2.24) is 0 Å². The van der Waals surface area contributed by atoms with Gasteiger partial charge in [0, 0.05) is 0 Å². The van der Waals surface area contributed by atoms with E-state index in [1.807, 2.05) is 0 Å². The van der Waals surface area contributed by atoms with Crippen molar-refractivity contribution in [3.05, 3.63) is 0 Å². The van der Waals surface area contributed by atoms with Gasteiger partial charge in [-0.2, -0.15) is 0 Å². The Morgan fingerprint density at radius 3 is 2.08 bits per heavy atom. The van der Waals surface area contributed by atoms with E-state index in [2.05, 4.69) is 13.8 Å². The Morgan fingerprint density at radius 2 is 1.67 bits per heavy atom. The average Bonchev–Trinajstić information content (AvgIpc) is 2.29. The van der Waals surface area contributed by atoms with Crippen molar-refractivity contribution in [2.75, 3.05) is 0 Å². The molecule has 1 nitrogen and oxygen atoms in total. The third-order valence-corrected chi connectivity index (χ3v) is 3.50. The average molecular weight is 170 g/mol. The lowest BCUT2D eigenvalue weighted by molar-refractivity contribution is -0.0267. The van der Waals surface area contributed by atoms with Crippen molar-refractivity contribution in [2.24, 2.45) is 5.92 Å². The Hall–Kier alpha value is -0.0400. The summed E-state index contributed by atoms with van der Waals surface area (Å²) in [6.45, 7) is 4.36. The summed E-state index contributed by atoms with van der Waals surface area (Å²) in [4.78, 5) is 0. The zero-order chi connectivity index (χ0) is 9.03. The van der Waals surface area contributed by atoms with Crippen LogP contribution < -0.4 is 0 Å². The van der Waals surface area contributed by atoms with Crippen LogP contribution in [0.15, 0.2) is 0 Å². The third kappa shape index (κ3) is 2.22. The Kier molecular flexibility index (Phi) is 3.57. The molecule has 0 radical (unpaired) electrons. The fourth-order valence-corrected chi connectivity index (χ4v) is 2.21. The van der Waals surface area contributed by atoms with Crippen molar-refractivity contribution in [3.63, 3.8) is 0 Å². The molecule has 0 bridgehead atoms. The molecule has 1 rings (SSSR count). The highest BCUT2D eigenvalue weighted by molar-refractivity contribution is 4.85. The molecular formula is C11H22O. The van der Waals surface area contributed by atoms with Gasteiger partial charge in [0.15, 0.2) is 0 Å². The van der Waals surface area contributed by atoms with Crippen LogP contribution in [0.4, 0.5) is 0 Å². The summed E-state index contributed by atoms with van der Waals surface area (Å²) >= 11 is 0. The second-order valence-corrected chi connectivity index (χ2v) is 4.33. The summed E-state index contributed by atoms with van der Waals surface area (Å²) in [5.41, 5.74) is -0.328. The summed E-state index contributed by atoms with van der Waals surface area (Å²) < 4.78 is 0. The summed E-state index contributed by atoms with van der Waals surface area (Å²) in [5.74, 6) is 0.482. The van der Waals surface area contributed by atoms with E-state index in [-0.39, 0.29) is 5.60 Å². The maximum atomic E-state index is 10.3. The van der Waals surface area contributed by atoms with Gasteiger partial charge < -0.3 is 5.11 Å². The Morgan fingerprint density at radius 1 is 1.17 bits per heavy atom. The second-order valence-electron chi connectivity index (χ2n) is 4.33. The molecule has 0 aromatic carbocycles. The van der Waals surface area contributed by atoms with E-state index in [4.69, 9.17) is 0 Å². The fourth-order valence-electron chi connectivity index (χ4n) is 2.21. The number of hydrogen-bond donors (Lipinski definition) is 1. The fraction of sp³-hybridized carbons (Fsp3) is 1.00. The molecule has 1 N–H and O–H groups in total. The molecule has 1 fully saturated rings. The van der Waals surface area contributed by atoms with Crippen molar-refractivity contribution >= 4 is 0 Å². The molecule has 1 heteroatoms. The van der Waals surface area contributed by atoms with Gasteiger partial charge in [0.1, 0.15) is 0 Å². The van der Waals surface area contributed by atoms with Crippen LogP contribution >= 0.6 is 0 Å². The van der Waals surface area contributed by atoms with Crippen LogP contribution in [-0.2, 0) is 0 Å². The van der Waals surface area contributed by atoms with Crippen molar-refractivity contribution in [3.8, 4) is 0 Å². The topological polar surface area (TPSA) is 20.2 Å². The molecule has 1 saturated carbocycles. The minimum absolute atomic E-state index is 0.328. The zero-order valence-corrected chi connectivity index (χ0v) is 8.47. The lowest BCUT2D eigenvalue weighted by atomic mass is 9.81. The first-order valence-electron chi connectivity index (χ1n) is 5.41. The summed E-state index contributed by atoms with van der Waals surface area (Å²) in [5, 5.41) is 10.3. The lowest BCUT2D eigenvalue weighted by Gasteiger charge is -2.32. The highest BCUT2D eigenvalue weighted by Gasteiger charge is 2.32. The van der Waals surface area contributed by atoms with E-state index in [9.17, 15) is 5.11 Å². The molecule has 1 unspecified atom stereocenters. The first-order chi connectivity index (χ1) is 5.69. The normalized spacial score (nSPS) is 26.2. The van der Waals surface area contributed by atoms with Crippen molar-refractivity contribution < 1.29 is 5.11 Å². The first kappa shape index (κ1) is 10.0. The van der Waals surface area contributed by atoms with E-state index in [0.717, 1.165) is 19.3 Å². The van der Waals surface area contributed by atoms with Gasteiger partial charge in [-0.05, 0) is 18.8 Å². The van der Waals surface area contributed by atoms with E-state index in [1.54, 1.807) is 0 Å². The maximum Gasteiger partial charge on any atom is 0.0673 e. The van der Waals surface area contributed by atoms with E-state index in [0.29, 0.717) is 5.92 Å². The van der Waals surface area contributed by atoms with Crippen LogP contribution in [0.5, 0.6) is 0 Å². The van der Waals surface area contributed by atoms with Gasteiger partial charge in [-0.3, -0.25) is 0 Å². The first-order valence-corrected chi connectivity index (χ1v) is 5.41. The smallest absolute Gasteiger partial charge is 0.0673 e. The Labute approximate surface area is 76.2 Å². The van der Waals surface area contributed by atoms with Gasteiger partial charge in [0.05, 0.1) is 5.60 Å². The van der Waals surface area contributed by atoms with Crippen molar-refractivity contribution in [2.45, 2.75) is 64.4 Å². The highest BCUT2D eigenvalue weighted by atomic mass is 16.3. The SMILES string of the molecule is CCC(C)C1(O)CCCCCC1. The predicted octanol–water partition coefficient (Wildman–Crippen LogP) is 3.12. The number of hydrogen-bond acceptors (Lipinski definition) is 1. The lowest BCUT2D eigenvalue weighted by Crippen LogP contribution is -2.35. The van der Waals surface area contributed by atoms with E-state index in [1.165, 1.54) is 25.7 Å². The van der Waals surface area contributed by atoms with Gasteiger partial charge in [-0.15, -0.1) is 0 Å². The molecule has 0 spiro atoms. The maximum absolute atomic E-state index is 10.3. The third-order valence-electron chi connectivity index (χ3n) is 3.50. The van der Waals surface area contributed by atoms with Crippen LogP contribution in [-0.4, -0.2) is 10.7 Å². The summed E-state index contributed by atoms with van der Waals surface area (Å²) in [7, 11) is 0. The number of aliphatic hydroxyl groups is 1. The molecule has 0 saturated heterocycles. The molecule has 0 amide bonds. The standard InChI is InChI=1S/C11H22O/c1-3-10(2)11(12)8-6-4-5-7-9-11/h10,12H,3-9H2,1-2H3. The van der Waals surface area contributed by atoms with Gasteiger partial charge >= 0.3 is 0 Å². The van der Waals surface area contributed by atoms with Gasteiger partial charge in [0.2, 0.25) is 0 Å². The summed E-state index contributed by atoms with van der Waals surface area (Å²) in [6.07, 6.45) is 8.25. The molecule has 0 aromatic rings. The number of rotatable bonds is 2. The summed E-state index contributed by atoms with van der Waals surface area (Å²) in [6, 6.07) is 0. The van der Waals surface area contributed by atoms with Gasteiger partial charge in [-0.1, -0.05) is 46.0 Å². The molecular weight excluding hydrogens is 148 g/mol. The van der Waals surface area contributed by atoms with Crippen LogP contribution in [0.2, 0.25) is 0 Å². The second kappa shape index (κ2) is 4.27. The molecule has 1 aliphatic rings. The molecule has 1 atom stereocenters. The Balaban J connectivity index is 2.53. The largest absolute Gasteiger partial charge is 0.390 e. The minimum Gasteiger partial charge on any atom is -0.390 e. The molecule has 72 valence electrons. The van der Waals surface area contributed by atoms with E-state index < -0.39 is 0 Å².